The van der Waals surface area contributed by atoms with Gasteiger partial charge in [0.15, 0.2) is 0 Å². The van der Waals surface area contributed by atoms with Crippen molar-refractivity contribution in [3.8, 4) is 5.75 Å². The first-order valence-corrected chi connectivity index (χ1v) is 13.6. The molecule has 4 aromatic rings. The summed E-state index contributed by atoms with van der Waals surface area (Å²) in [5.74, 6) is 0.218. The van der Waals surface area contributed by atoms with Gasteiger partial charge in [0.05, 0.1) is 0 Å². The van der Waals surface area contributed by atoms with Crippen LogP contribution in [0.2, 0.25) is 5.02 Å². The average Bonchev–Trinajstić information content (AvgIpc) is 2.77. The molecular formula is C24H19BrClOP. The summed E-state index contributed by atoms with van der Waals surface area (Å²) in [6.45, 7) is 0. The van der Waals surface area contributed by atoms with Crippen molar-refractivity contribution >= 4 is 53.6 Å². The van der Waals surface area contributed by atoms with Crippen LogP contribution < -0.4 is 21.2 Å². The van der Waals surface area contributed by atoms with Gasteiger partial charge in [0, 0.05) is 0 Å². The van der Waals surface area contributed by atoms with E-state index in [-0.39, 0.29) is 5.75 Å². The van der Waals surface area contributed by atoms with Crippen molar-refractivity contribution in [3.05, 3.63) is 114 Å². The topological polar surface area (TPSA) is 20.2 Å². The van der Waals surface area contributed by atoms with Crippen LogP contribution in [-0.2, 0) is 0 Å². The molecule has 0 heterocycles. The van der Waals surface area contributed by atoms with Gasteiger partial charge in [0.25, 0.3) is 0 Å². The molecule has 0 aliphatic heterocycles. The van der Waals surface area contributed by atoms with E-state index in [1.807, 2.05) is 60.7 Å². The zero-order valence-corrected chi connectivity index (χ0v) is 18.3. The molecule has 1 N–H and O–H groups in total. The summed E-state index contributed by atoms with van der Waals surface area (Å²) in [6, 6.07) is 36.2. The van der Waals surface area contributed by atoms with Gasteiger partial charge in [-0.3, -0.25) is 0 Å². The van der Waals surface area contributed by atoms with Gasteiger partial charge in [0.1, 0.15) is 0 Å². The molecule has 0 aliphatic carbocycles. The second-order valence-electron chi connectivity index (χ2n) is 6.65. The molecule has 4 aromatic carbocycles. The monoisotopic (exact) mass is 468 g/mol. The fourth-order valence-electron chi connectivity index (χ4n) is 3.82. The van der Waals surface area contributed by atoms with Crippen molar-refractivity contribution < 1.29 is 5.11 Å². The van der Waals surface area contributed by atoms with Crippen molar-refractivity contribution in [1.82, 2.24) is 0 Å². The Balaban J connectivity index is 2.28. The molecule has 0 saturated heterocycles. The zero-order valence-electron chi connectivity index (χ0n) is 15.0. The van der Waals surface area contributed by atoms with Gasteiger partial charge in [-0.2, -0.15) is 0 Å². The Morgan fingerprint density at radius 3 is 1.39 bits per heavy atom. The minimum absolute atomic E-state index is 0.218. The number of aromatic hydroxyl groups is 1. The van der Waals surface area contributed by atoms with Gasteiger partial charge in [0.2, 0.25) is 0 Å². The van der Waals surface area contributed by atoms with E-state index < -0.39 is 5.31 Å². The van der Waals surface area contributed by atoms with E-state index in [1.54, 1.807) is 12.1 Å². The maximum absolute atomic E-state index is 11.1. The Bertz CT molecular complexity index is 1000. The number of rotatable bonds is 4. The summed E-state index contributed by atoms with van der Waals surface area (Å²) >= 11 is 10.8. The van der Waals surface area contributed by atoms with Crippen LogP contribution in [0, 0.1) is 0 Å². The molecule has 0 saturated carbocycles. The van der Waals surface area contributed by atoms with E-state index in [4.69, 9.17) is 11.6 Å². The predicted octanol–water partition coefficient (Wildman–Crippen LogP) is 5.51. The minimum atomic E-state index is -3.42. The Morgan fingerprint density at radius 1 is 0.607 bits per heavy atom. The maximum atomic E-state index is 11.1. The molecule has 140 valence electrons. The van der Waals surface area contributed by atoms with Gasteiger partial charge in [-0.05, 0) is 0 Å². The first-order chi connectivity index (χ1) is 13.6. The van der Waals surface area contributed by atoms with Gasteiger partial charge in [-0.15, -0.1) is 0 Å². The number of halogens is 2. The average molecular weight is 470 g/mol. The third-order valence-electron chi connectivity index (χ3n) is 5.11. The van der Waals surface area contributed by atoms with E-state index in [0.29, 0.717) is 5.02 Å². The fourth-order valence-corrected chi connectivity index (χ4v) is 11.9. The van der Waals surface area contributed by atoms with Crippen LogP contribution in [0.5, 0.6) is 5.75 Å². The first-order valence-electron chi connectivity index (χ1n) is 8.95. The molecule has 0 aromatic heterocycles. The van der Waals surface area contributed by atoms with E-state index in [9.17, 15) is 5.11 Å². The normalized spacial score (nSPS) is 12.9. The Labute approximate surface area is 178 Å². The second-order valence-corrected chi connectivity index (χ2v) is 15.4. The molecule has 4 heteroatoms. The van der Waals surface area contributed by atoms with Crippen LogP contribution >= 0.6 is 32.4 Å². The van der Waals surface area contributed by atoms with Gasteiger partial charge in [-0.25, -0.2) is 0 Å². The summed E-state index contributed by atoms with van der Waals surface area (Å²) in [5, 5.41) is 12.3. The molecule has 0 radical (unpaired) electrons. The molecule has 4 rings (SSSR count). The van der Waals surface area contributed by atoms with Crippen molar-refractivity contribution in [2.24, 2.45) is 0 Å². The summed E-state index contributed by atoms with van der Waals surface area (Å²) in [6.07, 6.45) is 0. The fraction of sp³-hybridized carbons (Fsp3) is 0. The molecule has 0 unspecified atom stereocenters. The van der Waals surface area contributed by atoms with Crippen LogP contribution in [0.4, 0.5) is 0 Å². The van der Waals surface area contributed by atoms with Gasteiger partial charge < -0.3 is 0 Å². The van der Waals surface area contributed by atoms with Gasteiger partial charge >= 0.3 is 179 Å². The zero-order chi connectivity index (χ0) is 19.6. The van der Waals surface area contributed by atoms with E-state index in [2.05, 4.69) is 51.9 Å². The number of benzene rings is 4. The second kappa shape index (κ2) is 7.37. The summed E-state index contributed by atoms with van der Waals surface area (Å²) in [5.41, 5.74) is 0. The van der Waals surface area contributed by atoms with Crippen molar-refractivity contribution in [2.45, 2.75) is 0 Å². The molecular weight excluding hydrogens is 451 g/mol. The Morgan fingerprint density at radius 2 is 1.00 bits per heavy atom. The molecule has 0 bridgehead atoms. The Kier molecular flexibility index (Phi) is 5.05. The summed E-state index contributed by atoms with van der Waals surface area (Å²) in [7, 11) is 0. The summed E-state index contributed by atoms with van der Waals surface area (Å²) in [4.78, 5) is 0. The van der Waals surface area contributed by atoms with E-state index in [0.717, 1.165) is 21.2 Å². The van der Waals surface area contributed by atoms with Crippen LogP contribution in [0.25, 0.3) is 0 Å². The molecule has 0 atom stereocenters. The van der Waals surface area contributed by atoms with Crippen molar-refractivity contribution in [1.29, 1.82) is 0 Å². The Hall–Kier alpha value is -2.12. The van der Waals surface area contributed by atoms with E-state index >= 15 is 0 Å². The number of hydrogen-bond acceptors (Lipinski definition) is 1. The van der Waals surface area contributed by atoms with Crippen LogP contribution in [0.15, 0.2) is 109 Å². The first kappa shape index (κ1) is 19.2. The third kappa shape index (κ3) is 2.79. The van der Waals surface area contributed by atoms with Crippen molar-refractivity contribution in [3.63, 3.8) is 0 Å². The van der Waals surface area contributed by atoms with E-state index in [1.165, 1.54) is 0 Å². The van der Waals surface area contributed by atoms with Crippen LogP contribution in [-0.4, -0.2) is 5.11 Å². The standard InChI is InChI=1S/C24H19BrClOP/c25-28(20-10-4-1-5-11-20,21-12-6-2-7-13-21,22-14-8-3-9-15-22)24-18-19(26)16-17-23(24)27/h1-18,27H. The number of phenols is 1. The van der Waals surface area contributed by atoms with Gasteiger partial charge in [-0.1, -0.05) is 0 Å². The molecule has 0 amide bonds. The molecule has 1 nitrogen and oxygen atoms in total. The van der Waals surface area contributed by atoms with Crippen molar-refractivity contribution in [2.75, 3.05) is 0 Å². The molecule has 28 heavy (non-hydrogen) atoms. The predicted molar refractivity (Wildman–Crippen MR) is 127 cm³/mol. The summed E-state index contributed by atoms with van der Waals surface area (Å²) < 4.78 is 0. The number of phenolic OH excluding ortho intramolecular Hbond substituents is 1. The number of hydrogen-bond donors (Lipinski definition) is 1. The van der Waals surface area contributed by atoms with Crippen LogP contribution in [0.1, 0.15) is 0 Å². The quantitative estimate of drug-likeness (QED) is 0.391. The SMILES string of the molecule is Oc1ccc(Cl)cc1P(Br)(c1ccccc1)(c1ccccc1)c1ccccc1. The third-order valence-corrected chi connectivity index (χ3v) is 15.2. The van der Waals surface area contributed by atoms with Crippen LogP contribution in [0.3, 0.4) is 0 Å². The molecule has 0 spiro atoms. The molecule has 0 fully saturated rings. The molecule has 0 aliphatic rings.